The number of pyridine rings is 1. The van der Waals surface area contributed by atoms with E-state index in [0.29, 0.717) is 41.4 Å². The number of amides is 1. The van der Waals surface area contributed by atoms with Crippen LogP contribution in [0.2, 0.25) is 0 Å². The molecule has 3 aromatic heterocycles. The largest absolute Gasteiger partial charge is 0.363 e. The molecule has 9 nitrogen and oxygen atoms in total. The van der Waals surface area contributed by atoms with E-state index < -0.39 is 23.8 Å². The lowest BCUT2D eigenvalue weighted by molar-refractivity contribution is -0.129. The van der Waals surface area contributed by atoms with Crippen LogP contribution in [0.25, 0.3) is 16.7 Å². The lowest BCUT2D eigenvalue weighted by Gasteiger charge is -2.31. The minimum atomic E-state index is -2.91. The number of halogens is 3. The van der Waals surface area contributed by atoms with Crippen LogP contribution in [0.4, 0.5) is 19.0 Å². The number of hydrogen-bond acceptors (Lipinski definition) is 7. The van der Waals surface area contributed by atoms with E-state index in [9.17, 15) is 18.0 Å². The maximum atomic E-state index is 14.8. The summed E-state index contributed by atoms with van der Waals surface area (Å²) in [7, 11) is 0. The van der Waals surface area contributed by atoms with Crippen LogP contribution in [-0.2, 0) is 4.79 Å². The first-order valence-electron chi connectivity index (χ1n) is 11.7. The molecule has 1 amide bonds. The summed E-state index contributed by atoms with van der Waals surface area (Å²) in [4.78, 5) is 22.7. The van der Waals surface area contributed by atoms with Gasteiger partial charge in [-0.1, -0.05) is 18.2 Å². The van der Waals surface area contributed by atoms with Crippen LogP contribution in [0.5, 0.6) is 0 Å². The number of benzene rings is 1. The Hall–Kier alpha value is -3.83. The zero-order valence-electron chi connectivity index (χ0n) is 20.0. The van der Waals surface area contributed by atoms with Crippen molar-refractivity contribution in [2.45, 2.75) is 52.0 Å². The Bertz CT molecular complexity index is 1450. The molecule has 0 radical (unpaired) electrons. The van der Waals surface area contributed by atoms with E-state index in [1.807, 2.05) is 11.0 Å². The lowest BCUT2D eigenvalue weighted by Crippen LogP contribution is -2.36. The Balaban J connectivity index is 1.57. The van der Waals surface area contributed by atoms with Crippen molar-refractivity contribution >= 4 is 28.4 Å². The molecule has 36 heavy (non-hydrogen) atoms. The molecule has 0 bridgehead atoms. The summed E-state index contributed by atoms with van der Waals surface area (Å²) in [5, 5.41) is 16.0. The minimum Gasteiger partial charge on any atom is -0.363 e. The first-order chi connectivity index (χ1) is 17.2. The molecule has 0 unspecified atom stereocenters. The van der Waals surface area contributed by atoms with E-state index in [2.05, 4.69) is 30.8 Å². The number of aromatic nitrogens is 6. The van der Waals surface area contributed by atoms with Crippen molar-refractivity contribution in [3.05, 3.63) is 52.6 Å². The van der Waals surface area contributed by atoms with Crippen LogP contribution < -0.4 is 5.32 Å². The number of nitrogens with one attached hydrogen (secondary N) is 1. The average molecular weight is 499 g/mol. The number of tetrazole rings is 1. The van der Waals surface area contributed by atoms with E-state index in [1.54, 1.807) is 25.3 Å². The van der Waals surface area contributed by atoms with Gasteiger partial charge in [-0.05, 0) is 49.1 Å². The topological polar surface area (TPSA) is 101 Å². The Morgan fingerprint density at radius 2 is 1.86 bits per heavy atom. The van der Waals surface area contributed by atoms with Gasteiger partial charge in [-0.3, -0.25) is 4.79 Å². The van der Waals surface area contributed by atoms with Crippen molar-refractivity contribution in [1.29, 1.82) is 0 Å². The van der Waals surface area contributed by atoms with E-state index >= 15 is 0 Å². The van der Waals surface area contributed by atoms with Crippen LogP contribution >= 0.6 is 0 Å². The summed E-state index contributed by atoms with van der Waals surface area (Å²) >= 11 is 0. The molecule has 4 heterocycles. The zero-order valence-corrected chi connectivity index (χ0v) is 20.0. The normalized spacial score (nSPS) is 15.7. The second-order valence-corrected chi connectivity index (χ2v) is 9.07. The maximum absolute atomic E-state index is 14.8. The predicted molar refractivity (Wildman–Crippen MR) is 126 cm³/mol. The van der Waals surface area contributed by atoms with E-state index in [1.165, 1.54) is 12.1 Å². The molecule has 5 rings (SSSR count). The van der Waals surface area contributed by atoms with Crippen molar-refractivity contribution in [3.8, 4) is 0 Å². The number of likely N-dealkylation sites (tertiary alicyclic amines) is 1. The van der Waals surface area contributed by atoms with Crippen LogP contribution in [0, 0.1) is 12.7 Å². The Morgan fingerprint density at radius 3 is 2.56 bits per heavy atom. The van der Waals surface area contributed by atoms with Crippen molar-refractivity contribution in [2.24, 2.45) is 0 Å². The summed E-state index contributed by atoms with van der Waals surface area (Å²) in [5.74, 6) is 0.0901. The quantitative estimate of drug-likeness (QED) is 0.437. The standard InChI is InChI=1S/C24H25F3N8O/c1-12(16-5-4-6-17(20(16)25)21(26)27)28-22-19-11-18(15-7-9-34(10-8-15)14(3)36)24-31-32-33-35(24)23(19)30-13(2)29-22/h4-6,11-12,15,21H,7-10H2,1-3H3,(H,28,29,30)/t12-/m1/s1. The van der Waals surface area contributed by atoms with Crippen molar-refractivity contribution in [3.63, 3.8) is 0 Å². The molecule has 1 aromatic carbocycles. The highest BCUT2D eigenvalue weighted by Crippen LogP contribution is 2.35. The van der Waals surface area contributed by atoms with Gasteiger partial charge in [0.2, 0.25) is 5.91 Å². The molecule has 0 spiro atoms. The van der Waals surface area contributed by atoms with Gasteiger partial charge in [0, 0.05) is 31.1 Å². The molecule has 0 saturated carbocycles. The third-order valence-corrected chi connectivity index (χ3v) is 6.76. The molecule has 1 saturated heterocycles. The average Bonchev–Trinajstić information content (AvgIpc) is 3.34. The summed E-state index contributed by atoms with van der Waals surface area (Å²) in [6.45, 7) is 6.24. The smallest absolute Gasteiger partial charge is 0.266 e. The molecule has 12 heteroatoms. The molecule has 0 aliphatic carbocycles. The van der Waals surface area contributed by atoms with Gasteiger partial charge in [-0.2, -0.15) is 4.52 Å². The number of carbonyl (C=O) groups is 1. The minimum absolute atomic E-state index is 0.0498. The highest BCUT2D eigenvalue weighted by atomic mass is 19.3. The van der Waals surface area contributed by atoms with Gasteiger partial charge in [-0.25, -0.2) is 23.1 Å². The maximum Gasteiger partial charge on any atom is 0.266 e. The van der Waals surface area contributed by atoms with Crippen molar-refractivity contribution < 1.29 is 18.0 Å². The van der Waals surface area contributed by atoms with Crippen molar-refractivity contribution in [2.75, 3.05) is 18.4 Å². The molecule has 1 N–H and O–H groups in total. The summed E-state index contributed by atoms with van der Waals surface area (Å²) < 4.78 is 42.9. The van der Waals surface area contributed by atoms with Crippen molar-refractivity contribution in [1.82, 2.24) is 34.9 Å². The monoisotopic (exact) mass is 498 g/mol. The summed E-state index contributed by atoms with van der Waals surface area (Å²) in [6, 6.07) is 5.25. The van der Waals surface area contributed by atoms with Gasteiger partial charge in [0.1, 0.15) is 17.5 Å². The number of piperidine rings is 1. The highest BCUT2D eigenvalue weighted by Gasteiger charge is 2.27. The molecule has 1 fully saturated rings. The second kappa shape index (κ2) is 9.32. The second-order valence-electron chi connectivity index (χ2n) is 9.07. The fraction of sp³-hybridized carbons (Fsp3) is 0.417. The molecule has 1 atom stereocenters. The van der Waals surface area contributed by atoms with Crippen LogP contribution in [0.15, 0.2) is 24.3 Å². The number of hydrogen-bond donors (Lipinski definition) is 1. The van der Waals surface area contributed by atoms with Gasteiger partial charge < -0.3 is 10.2 Å². The van der Waals surface area contributed by atoms with E-state index in [4.69, 9.17) is 0 Å². The predicted octanol–water partition coefficient (Wildman–Crippen LogP) is 4.35. The first kappa shape index (κ1) is 23.9. The van der Waals surface area contributed by atoms with E-state index in [-0.39, 0.29) is 17.4 Å². The molecular formula is C24H25F3N8O. The number of fused-ring (bicyclic) bond motifs is 3. The van der Waals surface area contributed by atoms with Gasteiger partial charge in [-0.15, -0.1) is 5.10 Å². The number of rotatable bonds is 5. The van der Waals surface area contributed by atoms with E-state index in [0.717, 1.165) is 24.5 Å². The van der Waals surface area contributed by atoms with Crippen LogP contribution in [0.1, 0.15) is 67.6 Å². The van der Waals surface area contributed by atoms with Gasteiger partial charge in [0.25, 0.3) is 6.43 Å². The fourth-order valence-corrected chi connectivity index (χ4v) is 4.86. The number of nitrogens with zero attached hydrogens (tertiary/aromatic N) is 7. The number of alkyl halides is 2. The zero-order chi connectivity index (χ0) is 25.6. The number of carbonyl (C=O) groups excluding carboxylic acids is 1. The molecule has 1 aliphatic rings. The number of anilines is 1. The van der Waals surface area contributed by atoms with Crippen LogP contribution in [-0.4, -0.2) is 53.9 Å². The molecular weight excluding hydrogens is 473 g/mol. The Kier molecular flexibility index (Phi) is 6.19. The van der Waals surface area contributed by atoms with Gasteiger partial charge >= 0.3 is 0 Å². The highest BCUT2D eigenvalue weighted by molar-refractivity contribution is 5.90. The first-order valence-corrected chi connectivity index (χ1v) is 11.7. The van der Waals surface area contributed by atoms with Crippen LogP contribution in [0.3, 0.4) is 0 Å². The van der Waals surface area contributed by atoms with Gasteiger partial charge in [0.05, 0.1) is 17.0 Å². The number of aryl methyl sites for hydroxylation is 1. The third-order valence-electron chi connectivity index (χ3n) is 6.76. The third kappa shape index (κ3) is 4.20. The lowest BCUT2D eigenvalue weighted by atomic mass is 9.89. The van der Waals surface area contributed by atoms with Gasteiger partial charge in [0.15, 0.2) is 11.3 Å². The SMILES string of the molecule is CC(=O)N1CCC(c2cc3c(N[C@H](C)c4cccc(C(F)F)c4F)nc(C)nc3n3nnnc23)CC1. The fourth-order valence-electron chi connectivity index (χ4n) is 4.86. The molecule has 188 valence electrons. The Morgan fingerprint density at radius 1 is 1.14 bits per heavy atom. The summed E-state index contributed by atoms with van der Waals surface area (Å²) in [6.07, 6.45) is -1.40. The molecule has 4 aromatic rings. The Labute approximate surface area is 204 Å². The summed E-state index contributed by atoms with van der Waals surface area (Å²) in [5.41, 5.74) is 1.43. The molecule has 1 aliphatic heterocycles.